The van der Waals surface area contributed by atoms with Gasteiger partial charge in [-0.15, -0.1) is 22.7 Å². The number of hydrogen-bond donors (Lipinski definition) is 1. The zero-order valence-electron chi connectivity index (χ0n) is 17.3. The Bertz CT molecular complexity index is 1550. The quantitative estimate of drug-likeness (QED) is 0.268. The molecule has 2 aromatic carbocycles. The van der Waals surface area contributed by atoms with Gasteiger partial charge in [0.25, 0.3) is 0 Å². The number of carbonyl (C=O) groups excluding carboxylic acids is 2. The first-order chi connectivity index (χ1) is 16.0. The molecule has 0 aliphatic carbocycles. The largest absolute Gasteiger partial charge is 0.457 e. The minimum Gasteiger partial charge on any atom is -0.457 e. The van der Waals surface area contributed by atoms with Crippen LogP contribution in [0.4, 0.5) is 5.69 Å². The smallest absolute Gasteiger partial charge is 0.348 e. The Hall–Kier alpha value is -3.82. The number of ether oxygens (including phenoxy) is 1. The molecule has 5 aromatic rings. The van der Waals surface area contributed by atoms with Crippen molar-refractivity contribution in [1.29, 1.82) is 0 Å². The summed E-state index contributed by atoms with van der Waals surface area (Å²) in [4.78, 5) is 41.9. The molecule has 1 amide bonds. The number of amides is 1. The number of thiazole rings is 1. The average molecular weight is 477 g/mol. The first kappa shape index (κ1) is 21.0. The molecule has 0 fully saturated rings. The second-order valence-corrected chi connectivity index (χ2v) is 9.32. The molecule has 0 spiro atoms. The lowest BCUT2D eigenvalue weighted by molar-refractivity contribution is -0.114. The van der Waals surface area contributed by atoms with Gasteiger partial charge in [-0.3, -0.25) is 4.79 Å². The normalized spacial score (nSPS) is 11.1. The fourth-order valence-corrected chi connectivity index (χ4v) is 5.31. The monoisotopic (exact) mass is 476 g/mol. The number of hydrogen-bond acceptors (Lipinski definition) is 8. The second kappa shape index (κ2) is 8.61. The van der Waals surface area contributed by atoms with E-state index in [0.29, 0.717) is 27.1 Å². The van der Waals surface area contributed by atoms with E-state index in [9.17, 15) is 14.4 Å². The lowest BCUT2D eigenvalue weighted by Gasteiger charge is -2.08. The second-order valence-electron chi connectivity index (χ2n) is 7.21. The van der Waals surface area contributed by atoms with Gasteiger partial charge in [0.05, 0.1) is 15.1 Å². The van der Waals surface area contributed by atoms with Crippen LogP contribution < -0.4 is 10.9 Å². The van der Waals surface area contributed by atoms with Gasteiger partial charge >= 0.3 is 11.6 Å². The van der Waals surface area contributed by atoms with Crippen LogP contribution in [0.15, 0.2) is 69.9 Å². The molecule has 0 bridgehead atoms. The molecule has 0 saturated heterocycles. The molecule has 7 nitrogen and oxygen atoms in total. The fourth-order valence-electron chi connectivity index (χ4n) is 3.38. The lowest BCUT2D eigenvalue weighted by Crippen LogP contribution is -2.08. The molecule has 3 heterocycles. The molecule has 3 aromatic heterocycles. The standard InChI is InChI=1S/C24H16N2O5S2/c1-13(27)25-15-6-7-16-14(10-22(28)31-18(16)11-15)12-30-24(29)21-9-8-20(32-21)23-26-17-4-2-3-5-19(17)33-23/h2-11H,12H2,1H3,(H,25,27). The third kappa shape index (κ3) is 4.41. The van der Waals surface area contributed by atoms with E-state index >= 15 is 0 Å². The van der Waals surface area contributed by atoms with Gasteiger partial charge in [-0.05, 0) is 36.4 Å². The Kier molecular flexibility index (Phi) is 5.49. The number of esters is 1. The molecule has 0 aliphatic heterocycles. The van der Waals surface area contributed by atoms with Crippen molar-refractivity contribution in [3.63, 3.8) is 0 Å². The van der Waals surface area contributed by atoms with Crippen LogP contribution >= 0.6 is 22.7 Å². The number of fused-ring (bicyclic) bond motifs is 2. The molecule has 1 N–H and O–H groups in total. The Morgan fingerprint density at radius 3 is 2.73 bits per heavy atom. The van der Waals surface area contributed by atoms with Crippen molar-refractivity contribution in [3.8, 4) is 9.88 Å². The number of rotatable bonds is 5. The highest BCUT2D eigenvalue weighted by Crippen LogP contribution is 2.34. The Labute approximate surface area is 195 Å². The van der Waals surface area contributed by atoms with E-state index in [-0.39, 0.29) is 12.5 Å². The van der Waals surface area contributed by atoms with Crippen molar-refractivity contribution < 1.29 is 18.7 Å². The van der Waals surface area contributed by atoms with Crippen molar-refractivity contribution in [2.45, 2.75) is 13.5 Å². The Morgan fingerprint density at radius 2 is 1.91 bits per heavy atom. The fraction of sp³-hybridized carbons (Fsp3) is 0.0833. The van der Waals surface area contributed by atoms with Crippen LogP contribution in [0.3, 0.4) is 0 Å². The summed E-state index contributed by atoms with van der Waals surface area (Å²) in [5, 5.41) is 4.11. The highest BCUT2D eigenvalue weighted by molar-refractivity contribution is 7.26. The van der Waals surface area contributed by atoms with Gasteiger partial charge in [-0.25, -0.2) is 14.6 Å². The number of nitrogens with zero attached hydrogens (tertiary/aromatic N) is 1. The summed E-state index contributed by atoms with van der Waals surface area (Å²) in [5.41, 5.74) is 1.68. The summed E-state index contributed by atoms with van der Waals surface area (Å²) in [6.07, 6.45) is 0. The number of benzene rings is 2. The van der Waals surface area contributed by atoms with Gasteiger partial charge in [-0.1, -0.05) is 12.1 Å². The van der Waals surface area contributed by atoms with Crippen LogP contribution in [-0.2, 0) is 16.1 Å². The van der Waals surface area contributed by atoms with Crippen molar-refractivity contribution in [1.82, 2.24) is 4.98 Å². The zero-order valence-corrected chi connectivity index (χ0v) is 18.9. The van der Waals surface area contributed by atoms with Crippen LogP contribution in [0.25, 0.3) is 31.1 Å². The van der Waals surface area contributed by atoms with Gasteiger partial charge in [0.2, 0.25) is 5.91 Å². The summed E-state index contributed by atoms with van der Waals surface area (Å²) in [7, 11) is 0. The number of thiophene rings is 1. The first-order valence-electron chi connectivity index (χ1n) is 9.93. The predicted octanol–water partition coefficient (Wildman–Crippen LogP) is 5.45. The summed E-state index contributed by atoms with van der Waals surface area (Å²) < 4.78 is 11.8. The van der Waals surface area contributed by atoms with Crippen molar-refractivity contribution >= 4 is 61.4 Å². The van der Waals surface area contributed by atoms with Gasteiger partial charge < -0.3 is 14.5 Å². The zero-order chi connectivity index (χ0) is 22.9. The molecule has 9 heteroatoms. The summed E-state index contributed by atoms with van der Waals surface area (Å²) in [5.74, 6) is -0.716. The molecule has 0 saturated carbocycles. The molecular weight excluding hydrogens is 460 g/mol. The highest BCUT2D eigenvalue weighted by Gasteiger charge is 2.16. The van der Waals surface area contributed by atoms with Crippen molar-refractivity contribution in [2.75, 3.05) is 5.32 Å². The van der Waals surface area contributed by atoms with E-state index in [2.05, 4.69) is 10.3 Å². The van der Waals surface area contributed by atoms with Crippen LogP contribution in [0.2, 0.25) is 0 Å². The molecule has 0 atom stereocenters. The number of anilines is 1. The maximum atomic E-state index is 12.7. The maximum absolute atomic E-state index is 12.7. The van der Waals surface area contributed by atoms with Gasteiger partial charge in [0.1, 0.15) is 22.1 Å². The van der Waals surface area contributed by atoms with Crippen LogP contribution in [0, 0.1) is 0 Å². The topological polar surface area (TPSA) is 98.5 Å². The molecule has 0 unspecified atom stereocenters. The number of nitrogens with one attached hydrogen (secondary N) is 1. The number of aromatic nitrogens is 1. The van der Waals surface area contributed by atoms with Crippen LogP contribution in [0.1, 0.15) is 22.2 Å². The number of para-hydroxylation sites is 1. The Morgan fingerprint density at radius 1 is 1.06 bits per heavy atom. The molecule has 0 aliphatic rings. The summed E-state index contributed by atoms with van der Waals surface area (Å²) in [6, 6.07) is 17.7. The van der Waals surface area contributed by atoms with Crippen molar-refractivity contribution in [3.05, 3.63) is 81.5 Å². The Balaban J connectivity index is 1.35. The van der Waals surface area contributed by atoms with E-state index in [1.54, 1.807) is 35.6 Å². The molecule has 164 valence electrons. The minimum absolute atomic E-state index is 0.0885. The summed E-state index contributed by atoms with van der Waals surface area (Å²) >= 11 is 2.88. The van der Waals surface area contributed by atoms with Gasteiger partial charge in [0.15, 0.2) is 0 Å². The molecular formula is C24H16N2O5S2. The molecule has 0 radical (unpaired) electrons. The summed E-state index contributed by atoms with van der Waals surface area (Å²) in [6.45, 7) is 1.30. The first-order valence-corrected chi connectivity index (χ1v) is 11.6. The highest BCUT2D eigenvalue weighted by atomic mass is 32.1. The van der Waals surface area contributed by atoms with E-state index in [1.807, 2.05) is 30.3 Å². The van der Waals surface area contributed by atoms with E-state index < -0.39 is 11.6 Å². The minimum atomic E-state index is -0.567. The average Bonchev–Trinajstić information content (AvgIpc) is 3.43. The molecule has 33 heavy (non-hydrogen) atoms. The van der Waals surface area contributed by atoms with Gasteiger partial charge in [-0.2, -0.15) is 0 Å². The predicted molar refractivity (Wildman–Crippen MR) is 129 cm³/mol. The van der Waals surface area contributed by atoms with Crippen LogP contribution in [-0.4, -0.2) is 16.9 Å². The lowest BCUT2D eigenvalue weighted by atomic mass is 10.1. The van der Waals surface area contributed by atoms with Gasteiger partial charge in [0, 0.05) is 35.7 Å². The van der Waals surface area contributed by atoms with Crippen molar-refractivity contribution in [2.24, 2.45) is 0 Å². The van der Waals surface area contributed by atoms with Crippen LogP contribution in [0.5, 0.6) is 0 Å². The molecule has 5 rings (SSSR count). The third-order valence-electron chi connectivity index (χ3n) is 4.82. The third-order valence-corrected chi connectivity index (χ3v) is 7.09. The maximum Gasteiger partial charge on any atom is 0.348 e. The van der Waals surface area contributed by atoms with E-state index in [0.717, 1.165) is 20.1 Å². The number of carbonyl (C=O) groups is 2. The SMILES string of the molecule is CC(=O)Nc1ccc2c(COC(=O)c3ccc(-c4nc5ccccc5s4)s3)cc(=O)oc2c1. The van der Waals surface area contributed by atoms with E-state index in [1.165, 1.54) is 24.3 Å². The van der Waals surface area contributed by atoms with E-state index in [4.69, 9.17) is 9.15 Å².